The van der Waals surface area contributed by atoms with Gasteiger partial charge in [-0.15, -0.1) is 6.58 Å². The van der Waals surface area contributed by atoms with E-state index < -0.39 is 0 Å². The van der Waals surface area contributed by atoms with E-state index in [0.717, 1.165) is 37.0 Å². The Morgan fingerprint density at radius 1 is 1.05 bits per heavy atom. The monoisotopic (exact) mass is 278 g/mol. The quantitative estimate of drug-likeness (QED) is 0.529. The summed E-state index contributed by atoms with van der Waals surface area (Å²) in [7, 11) is 0. The van der Waals surface area contributed by atoms with Crippen molar-refractivity contribution in [3.63, 3.8) is 0 Å². The van der Waals surface area contributed by atoms with Crippen LogP contribution in [-0.2, 0) is 9.53 Å². The van der Waals surface area contributed by atoms with E-state index in [9.17, 15) is 4.79 Å². The standard InChI is InChI=1S/C18H30O2/c1-3-4-5-18(19)20-17-12-10-16(11-13-17)15-8-6-14(2)7-9-15/h3,14-17H,1,4-13H2,2H3. The molecule has 0 atom stereocenters. The van der Waals surface area contributed by atoms with Crippen LogP contribution >= 0.6 is 0 Å². The molecule has 2 nitrogen and oxygen atoms in total. The van der Waals surface area contributed by atoms with Crippen LogP contribution in [0.2, 0.25) is 0 Å². The normalized spacial score (nSPS) is 34.5. The number of hydrogen-bond donors (Lipinski definition) is 0. The van der Waals surface area contributed by atoms with Crippen molar-refractivity contribution in [1.82, 2.24) is 0 Å². The maximum Gasteiger partial charge on any atom is 0.306 e. The second-order valence-corrected chi connectivity index (χ2v) is 6.87. The summed E-state index contributed by atoms with van der Waals surface area (Å²) in [5, 5.41) is 0. The molecule has 0 aromatic heterocycles. The first kappa shape index (κ1) is 15.6. The third-order valence-corrected chi connectivity index (χ3v) is 5.30. The minimum absolute atomic E-state index is 0.0418. The van der Waals surface area contributed by atoms with Crippen molar-refractivity contribution >= 4 is 5.97 Å². The molecule has 0 spiro atoms. The summed E-state index contributed by atoms with van der Waals surface area (Å²) < 4.78 is 5.56. The number of ether oxygens (including phenoxy) is 1. The Hall–Kier alpha value is -0.790. The lowest BCUT2D eigenvalue weighted by Crippen LogP contribution is -2.29. The average molecular weight is 278 g/mol. The van der Waals surface area contributed by atoms with Crippen LogP contribution in [0.4, 0.5) is 0 Å². The lowest BCUT2D eigenvalue weighted by atomic mass is 9.71. The predicted octanol–water partition coefficient (Wildman–Crippen LogP) is 4.88. The Morgan fingerprint density at radius 3 is 2.15 bits per heavy atom. The summed E-state index contributed by atoms with van der Waals surface area (Å²) in [4.78, 5) is 11.6. The van der Waals surface area contributed by atoms with Crippen LogP contribution < -0.4 is 0 Å². The zero-order chi connectivity index (χ0) is 14.4. The van der Waals surface area contributed by atoms with Gasteiger partial charge in [0.15, 0.2) is 0 Å². The third-order valence-electron chi connectivity index (χ3n) is 5.30. The molecule has 114 valence electrons. The smallest absolute Gasteiger partial charge is 0.306 e. The van der Waals surface area contributed by atoms with Crippen molar-refractivity contribution in [1.29, 1.82) is 0 Å². The van der Waals surface area contributed by atoms with Crippen molar-refractivity contribution in [2.45, 2.75) is 77.2 Å². The summed E-state index contributed by atoms with van der Waals surface area (Å²) in [6.07, 6.45) is 13.6. The predicted molar refractivity (Wildman–Crippen MR) is 82.4 cm³/mol. The van der Waals surface area contributed by atoms with Gasteiger partial charge in [0.05, 0.1) is 0 Å². The Morgan fingerprint density at radius 2 is 1.60 bits per heavy atom. The van der Waals surface area contributed by atoms with Crippen LogP contribution in [0.3, 0.4) is 0 Å². The number of esters is 1. The van der Waals surface area contributed by atoms with Gasteiger partial charge in [-0.1, -0.05) is 25.8 Å². The van der Waals surface area contributed by atoms with Gasteiger partial charge < -0.3 is 4.74 Å². The van der Waals surface area contributed by atoms with Crippen molar-refractivity contribution in [3.05, 3.63) is 12.7 Å². The van der Waals surface area contributed by atoms with Gasteiger partial charge in [0.2, 0.25) is 0 Å². The minimum atomic E-state index is -0.0418. The van der Waals surface area contributed by atoms with Crippen LogP contribution in [0.25, 0.3) is 0 Å². The number of hydrogen-bond acceptors (Lipinski definition) is 2. The van der Waals surface area contributed by atoms with Crippen molar-refractivity contribution in [3.8, 4) is 0 Å². The highest BCUT2D eigenvalue weighted by Gasteiger charge is 2.30. The first-order valence-electron chi connectivity index (χ1n) is 8.49. The molecule has 0 N–H and O–H groups in total. The fourth-order valence-corrected chi connectivity index (χ4v) is 3.90. The van der Waals surface area contributed by atoms with E-state index in [0.29, 0.717) is 6.42 Å². The SMILES string of the molecule is C=CCCC(=O)OC1CCC(C2CCC(C)CC2)CC1. The molecule has 2 fully saturated rings. The molecule has 0 aromatic carbocycles. The Balaban J connectivity index is 1.67. The molecule has 0 bridgehead atoms. The zero-order valence-electron chi connectivity index (χ0n) is 13.0. The number of carbonyl (C=O) groups is 1. The van der Waals surface area contributed by atoms with Gasteiger partial charge in [-0.25, -0.2) is 0 Å². The van der Waals surface area contributed by atoms with Crippen LogP contribution in [0.5, 0.6) is 0 Å². The summed E-state index contributed by atoms with van der Waals surface area (Å²) in [6, 6.07) is 0. The molecule has 0 saturated heterocycles. The fraction of sp³-hybridized carbons (Fsp3) is 0.833. The second kappa shape index (κ2) is 7.85. The van der Waals surface area contributed by atoms with Crippen LogP contribution in [0.15, 0.2) is 12.7 Å². The third kappa shape index (κ3) is 4.64. The van der Waals surface area contributed by atoms with E-state index in [2.05, 4.69) is 13.5 Å². The summed E-state index contributed by atoms with van der Waals surface area (Å²) in [5.41, 5.74) is 0. The van der Waals surface area contributed by atoms with E-state index in [4.69, 9.17) is 4.74 Å². The van der Waals surface area contributed by atoms with Crippen molar-refractivity contribution in [2.24, 2.45) is 17.8 Å². The molecule has 0 radical (unpaired) electrons. The van der Waals surface area contributed by atoms with Gasteiger partial charge in [-0.3, -0.25) is 4.79 Å². The van der Waals surface area contributed by atoms with Crippen LogP contribution in [0.1, 0.15) is 71.1 Å². The second-order valence-electron chi connectivity index (χ2n) is 6.87. The van der Waals surface area contributed by atoms with Gasteiger partial charge in [-0.05, 0) is 62.7 Å². The van der Waals surface area contributed by atoms with Crippen LogP contribution in [-0.4, -0.2) is 12.1 Å². The Labute approximate surface area is 124 Å². The van der Waals surface area contributed by atoms with Crippen molar-refractivity contribution in [2.75, 3.05) is 0 Å². The number of carbonyl (C=O) groups excluding carboxylic acids is 1. The van der Waals surface area contributed by atoms with Gasteiger partial charge in [-0.2, -0.15) is 0 Å². The van der Waals surface area contributed by atoms with Crippen molar-refractivity contribution < 1.29 is 9.53 Å². The summed E-state index contributed by atoms with van der Waals surface area (Å²) >= 11 is 0. The van der Waals surface area contributed by atoms with Gasteiger partial charge in [0.25, 0.3) is 0 Å². The molecular weight excluding hydrogens is 248 g/mol. The molecule has 0 aliphatic heterocycles. The van der Waals surface area contributed by atoms with E-state index >= 15 is 0 Å². The topological polar surface area (TPSA) is 26.3 Å². The molecule has 2 heteroatoms. The van der Waals surface area contributed by atoms with Gasteiger partial charge in [0.1, 0.15) is 6.10 Å². The first-order valence-corrected chi connectivity index (χ1v) is 8.49. The maximum atomic E-state index is 11.6. The van der Waals surface area contributed by atoms with Gasteiger partial charge in [0, 0.05) is 6.42 Å². The van der Waals surface area contributed by atoms with E-state index in [1.54, 1.807) is 6.08 Å². The van der Waals surface area contributed by atoms with E-state index in [1.165, 1.54) is 38.5 Å². The highest BCUT2D eigenvalue weighted by molar-refractivity contribution is 5.69. The molecular formula is C18H30O2. The Bertz CT molecular complexity index is 307. The van der Waals surface area contributed by atoms with E-state index in [-0.39, 0.29) is 12.1 Å². The minimum Gasteiger partial charge on any atom is -0.462 e. The van der Waals surface area contributed by atoms with Gasteiger partial charge >= 0.3 is 5.97 Å². The van der Waals surface area contributed by atoms with E-state index in [1.807, 2.05) is 0 Å². The summed E-state index contributed by atoms with van der Waals surface area (Å²) in [6.45, 7) is 6.02. The molecule has 2 aliphatic carbocycles. The molecule has 2 rings (SSSR count). The zero-order valence-corrected chi connectivity index (χ0v) is 13.0. The molecule has 2 saturated carbocycles. The fourth-order valence-electron chi connectivity index (χ4n) is 3.90. The highest BCUT2D eigenvalue weighted by atomic mass is 16.5. The molecule has 0 heterocycles. The molecule has 20 heavy (non-hydrogen) atoms. The number of allylic oxidation sites excluding steroid dienone is 1. The molecule has 0 amide bonds. The molecule has 2 aliphatic rings. The first-order chi connectivity index (χ1) is 9.69. The summed E-state index contributed by atoms with van der Waals surface area (Å²) in [5.74, 6) is 2.74. The Kier molecular flexibility index (Phi) is 6.12. The average Bonchev–Trinajstić information content (AvgIpc) is 2.47. The lowest BCUT2D eigenvalue weighted by Gasteiger charge is -2.37. The largest absolute Gasteiger partial charge is 0.462 e. The lowest BCUT2D eigenvalue weighted by molar-refractivity contribution is -0.151. The maximum absolute atomic E-state index is 11.6. The highest BCUT2D eigenvalue weighted by Crippen LogP contribution is 2.40. The van der Waals surface area contributed by atoms with Crippen LogP contribution in [0, 0.1) is 17.8 Å². The molecule has 0 unspecified atom stereocenters. The number of rotatable bonds is 5. The molecule has 0 aromatic rings.